The van der Waals surface area contributed by atoms with Crippen LogP contribution in [0.4, 0.5) is 0 Å². The normalized spacial score (nSPS) is 26.6. The first-order valence-corrected chi connectivity index (χ1v) is 8.54. The van der Waals surface area contributed by atoms with Crippen molar-refractivity contribution in [3.8, 4) is 0 Å². The van der Waals surface area contributed by atoms with Crippen molar-refractivity contribution in [2.45, 2.75) is 25.3 Å². The van der Waals surface area contributed by atoms with Gasteiger partial charge in [-0.2, -0.15) is 11.8 Å². The maximum Gasteiger partial charge on any atom is 0.160 e. The first kappa shape index (κ1) is 12.7. The standard InChI is InChI=1S/C15H19N3OS/c1-2-13-15(16-5-1)18(8-11-3-6-19-9-11)14(17-13)12-4-7-20-10-12/h1-2,5,11-12H,3-4,6-10H2. The van der Waals surface area contributed by atoms with E-state index in [0.717, 1.165) is 37.3 Å². The molecule has 4 heterocycles. The van der Waals surface area contributed by atoms with Crippen LogP contribution in [-0.2, 0) is 11.3 Å². The average Bonchev–Trinajstić information content (AvgIpc) is 3.19. The van der Waals surface area contributed by atoms with Crippen LogP contribution in [0.15, 0.2) is 18.3 Å². The molecule has 0 aliphatic carbocycles. The van der Waals surface area contributed by atoms with Gasteiger partial charge in [0.2, 0.25) is 0 Å². The van der Waals surface area contributed by atoms with Crippen LogP contribution in [0.25, 0.3) is 11.2 Å². The van der Waals surface area contributed by atoms with Gasteiger partial charge in [0, 0.05) is 36.9 Å². The van der Waals surface area contributed by atoms with E-state index in [9.17, 15) is 0 Å². The Kier molecular flexibility index (Phi) is 3.40. The number of hydrogen-bond acceptors (Lipinski definition) is 4. The Morgan fingerprint density at radius 3 is 3.20 bits per heavy atom. The topological polar surface area (TPSA) is 39.9 Å². The van der Waals surface area contributed by atoms with Gasteiger partial charge in [0.05, 0.1) is 6.61 Å². The van der Waals surface area contributed by atoms with Crippen molar-refractivity contribution < 1.29 is 4.74 Å². The fraction of sp³-hybridized carbons (Fsp3) is 0.600. The summed E-state index contributed by atoms with van der Waals surface area (Å²) in [7, 11) is 0. The van der Waals surface area contributed by atoms with E-state index in [1.54, 1.807) is 0 Å². The minimum absolute atomic E-state index is 0.594. The molecule has 0 spiro atoms. The second kappa shape index (κ2) is 5.37. The van der Waals surface area contributed by atoms with Crippen molar-refractivity contribution in [1.82, 2.24) is 14.5 Å². The van der Waals surface area contributed by atoms with E-state index in [2.05, 4.69) is 15.6 Å². The largest absolute Gasteiger partial charge is 0.381 e. The van der Waals surface area contributed by atoms with Crippen LogP contribution in [0.2, 0.25) is 0 Å². The minimum atomic E-state index is 0.594. The van der Waals surface area contributed by atoms with Gasteiger partial charge in [0.1, 0.15) is 11.3 Å². The number of fused-ring (bicyclic) bond motifs is 1. The number of imidazole rings is 1. The number of thioether (sulfide) groups is 1. The molecule has 0 amide bonds. The third kappa shape index (κ3) is 2.23. The van der Waals surface area contributed by atoms with Crippen LogP contribution in [0.1, 0.15) is 24.6 Å². The number of ether oxygens (including phenoxy) is 1. The Labute approximate surface area is 122 Å². The molecule has 0 bridgehead atoms. The lowest BCUT2D eigenvalue weighted by Gasteiger charge is -2.15. The highest BCUT2D eigenvalue weighted by atomic mass is 32.2. The molecule has 4 nitrogen and oxygen atoms in total. The average molecular weight is 289 g/mol. The molecule has 0 aromatic carbocycles. The molecule has 2 aliphatic rings. The molecule has 20 heavy (non-hydrogen) atoms. The van der Waals surface area contributed by atoms with E-state index < -0.39 is 0 Å². The molecule has 4 rings (SSSR count). The van der Waals surface area contributed by atoms with Gasteiger partial charge in [-0.25, -0.2) is 9.97 Å². The van der Waals surface area contributed by atoms with E-state index >= 15 is 0 Å². The predicted molar refractivity (Wildman–Crippen MR) is 81.1 cm³/mol. The maximum atomic E-state index is 5.53. The van der Waals surface area contributed by atoms with E-state index in [-0.39, 0.29) is 0 Å². The second-order valence-corrected chi connectivity index (χ2v) is 6.87. The van der Waals surface area contributed by atoms with Crippen molar-refractivity contribution in [2.75, 3.05) is 24.7 Å². The van der Waals surface area contributed by atoms with Gasteiger partial charge in [0.15, 0.2) is 5.65 Å². The molecule has 0 saturated carbocycles. The van der Waals surface area contributed by atoms with Crippen LogP contribution < -0.4 is 0 Å². The van der Waals surface area contributed by atoms with Crippen LogP contribution in [-0.4, -0.2) is 39.3 Å². The molecule has 0 radical (unpaired) electrons. The Bertz CT molecular complexity index is 600. The number of hydrogen-bond donors (Lipinski definition) is 0. The monoisotopic (exact) mass is 289 g/mol. The predicted octanol–water partition coefficient (Wildman–Crippen LogP) is 2.69. The lowest BCUT2D eigenvalue weighted by Crippen LogP contribution is -2.16. The van der Waals surface area contributed by atoms with E-state index in [1.165, 1.54) is 23.8 Å². The molecule has 2 aromatic rings. The quantitative estimate of drug-likeness (QED) is 0.871. The smallest absolute Gasteiger partial charge is 0.160 e. The number of rotatable bonds is 3. The third-order valence-electron chi connectivity index (χ3n) is 4.29. The summed E-state index contributed by atoms with van der Waals surface area (Å²) in [4.78, 5) is 9.45. The molecule has 0 N–H and O–H groups in total. The summed E-state index contributed by atoms with van der Waals surface area (Å²) < 4.78 is 7.89. The third-order valence-corrected chi connectivity index (χ3v) is 5.46. The zero-order valence-electron chi connectivity index (χ0n) is 11.5. The highest BCUT2D eigenvalue weighted by Gasteiger charge is 2.26. The summed E-state index contributed by atoms with van der Waals surface area (Å²) in [6, 6.07) is 4.06. The minimum Gasteiger partial charge on any atom is -0.381 e. The molecule has 2 aromatic heterocycles. The van der Waals surface area contributed by atoms with Gasteiger partial charge < -0.3 is 9.30 Å². The van der Waals surface area contributed by atoms with Crippen molar-refractivity contribution >= 4 is 22.9 Å². The van der Waals surface area contributed by atoms with Gasteiger partial charge in [-0.1, -0.05) is 0 Å². The van der Waals surface area contributed by atoms with Crippen molar-refractivity contribution in [3.63, 3.8) is 0 Å². The van der Waals surface area contributed by atoms with Crippen molar-refractivity contribution in [2.24, 2.45) is 5.92 Å². The summed E-state index contributed by atoms with van der Waals surface area (Å²) in [5.41, 5.74) is 2.09. The van der Waals surface area contributed by atoms with Gasteiger partial charge in [-0.15, -0.1) is 0 Å². The highest BCUT2D eigenvalue weighted by Crippen LogP contribution is 2.34. The van der Waals surface area contributed by atoms with Crippen LogP contribution >= 0.6 is 11.8 Å². The summed E-state index contributed by atoms with van der Waals surface area (Å²) >= 11 is 2.04. The Balaban J connectivity index is 1.75. The van der Waals surface area contributed by atoms with Crippen LogP contribution in [0, 0.1) is 5.92 Å². The maximum absolute atomic E-state index is 5.53. The lowest BCUT2D eigenvalue weighted by molar-refractivity contribution is 0.182. The van der Waals surface area contributed by atoms with Crippen LogP contribution in [0.3, 0.4) is 0 Å². The number of aromatic nitrogens is 3. The second-order valence-electron chi connectivity index (χ2n) is 5.72. The Hall–Kier alpha value is -1.07. The van der Waals surface area contributed by atoms with Gasteiger partial charge in [0.25, 0.3) is 0 Å². The Morgan fingerprint density at radius 2 is 2.40 bits per heavy atom. The zero-order chi connectivity index (χ0) is 13.4. The molecule has 2 fully saturated rings. The molecule has 2 atom stereocenters. The first-order valence-electron chi connectivity index (χ1n) is 7.38. The molecule has 2 saturated heterocycles. The SMILES string of the molecule is c1cnc2c(c1)nc(C1CCSC1)n2CC1CCOC1. The lowest BCUT2D eigenvalue weighted by atomic mass is 10.1. The van der Waals surface area contributed by atoms with Crippen molar-refractivity contribution in [3.05, 3.63) is 24.2 Å². The number of nitrogens with zero attached hydrogens (tertiary/aromatic N) is 3. The summed E-state index contributed by atoms with van der Waals surface area (Å²) in [5.74, 6) is 4.91. The molecular weight excluding hydrogens is 270 g/mol. The molecule has 2 aliphatic heterocycles. The molecular formula is C15H19N3OS. The van der Waals surface area contributed by atoms with Gasteiger partial charge in [-0.05, 0) is 30.7 Å². The summed E-state index contributed by atoms with van der Waals surface area (Å²) in [6.07, 6.45) is 4.28. The fourth-order valence-corrected chi connectivity index (χ4v) is 4.41. The first-order chi connectivity index (χ1) is 9.92. The van der Waals surface area contributed by atoms with E-state index in [4.69, 9.17) is 9.72 Å². The Morgan fingerprint density at radius 1 is 1.40 bits per heavy atom. The molecule has 2 unspecified atom stereocenters. The van der Waals surface area contributed by atoms with Crippen molar-refractivity contribution in [1.29, 1.82) is 0 Å². The van der Waals surface area contributed by atoms with Crippen LogP contribution in [0.5, 0.6) is 0 Å². The van der Waals surface area contributed by atoms with E-state index in [1.807, 2.05) is 24.0 Å². The number of pyridine rings is 1. The van der Waals surface area contributed by atoms with Gasteiger partial charge in [-0.3, -0.25) is 0 Å². The van der Waals surface area contributed by atoms with E-state index in [0.29, 0.717) is 11.8 Å². The zero-order valence-corrected chi connectivity index (χ0v) is 12.3. The summed E-state index contributed by atoms with van der Waals surface area (Å²) in [6.45, 7) is 2.79. The molecule has 106 valence electrons. The van der Waals surface area contributed by atoms with Gasteiger partial charge >= 0.3 is 0 Å². The highest BCUT2D eigenvalue weighted by molar-refractivity contribution is 7.99. The fourth-order valence-electron chi connectivity index (χ4n) is 3.19. The molecule has 5 heteroatoms. The summed E-state index contributed by atoms with van der Waals surface area (Å²) in [5, 5.41) is 0.